The van der Waals surface area contributed by atoms with Gasteiger partial charge in [-0.25, -0.2) is 8.42 Å². The molecule has 0 unspecified atom stereocenters. The first kappa shape index (κ1) is 12.6. The zero-order chi connectivity index (χ0) is 11.5. The van der Waals surface area contributed by atoms with Crippen LogP contribution >= 0.6 is 11.3 Å². The molecule has 0 aliphatic carbocycles. The molecule has 0 bridgehead atoms. The summed E-state index contributed by atoms with van der Waals surface area (Å²) < 4.78 is 25.7. The molecule has 0 aromatic carbocycles. The second kappa shape index (κ2) is 5.07. The fourth-order valence-corrected chi connectivity index (χ4v) is 4.17. The molecule has 0 saturated heterocycles. The Hall–Kier alpha value is -0.430. The van der Waals surface area contributed by atoms with E-state index in [1.54, 1.807) is 11.4 Å². The van der Waals surface area contributed by atoms with Crippen LogP contribution in [0.3, 0.4) is 0 Å². The summed E-state index contributed by atoms with van der Waals surface area (Å²) in [6.07, 6.45) is 0. The monoisotopic (exact) mass is 248 g/mol. The van der Waals surface area contributed by atoms with Gasteiger partial charge in [0.15, 0.2) is 0 Å². The van der Waals surface area contributed by atoms with E-state index in [4.69, 9.17) is 5.73 Å². The Labute approximate surface area is 94.8 Å². The van der Waals surface area contributed by atoms with E-state index in [0.29, 0.717) is 18.0 Å². The lowest BCUT2D eigenvalue weighted by Gasteiger charge is -2.18. The largest absolute Gasteiger partial charge is 0.326 e. The molecule has 0 aliphatic rings. The van der Waals surface area contributed by atoms with Crippen molar-refractivity contribution >= 4 is 21.4 Å². The van der Waals surface area contributed by atoms with Gasteiger partial charge >= 0.3 is 0 Å². The summed E-state index contributed by atoms with van der Waals surface area (Å²) in [5.74, 6) is 0. The van der Waals surface area contributed by atoms with Gasteiger partial charge in [0.05, 0.1) is 4.90 Å². The van der Waals surface area contributed by atoms with Gasteiger partial charge in [0.2, 0.25) is 10.0 Å². The number of rotatable bonds is 5. The molecule has 15 heavy (non-hydrogen) atoms. The van der Waals surface area contributed by atoms with Crippen LogP contribution < -0.4 is 5.73 Å². The third kappa shape index (κ3) is 2.39. The Morgan fingerprint density at radius 3 is 2.47 bits per heavy atom. The van der Waals surface area contributed by atoms with Crippen LogP contribution in [0.1, 0.15) is 18.7 Å². The van der Waals surface area contributed by atoms with Crippen molar-refractivity contribution in [3.05, 3.63) is 16.3 Å². The quantitative estimate of drug-likeness (QED) is 0.852. The first-order chi connectivity index (χ1) is 7.07. The van der Waals surface area contributed by atoms with Gasteiger partial charge < -0.3 is 5.73 Å². The highest BCUT2D eigenvalue weighted by Gasteiger charge is 2.24. The maximum absolute atomic E-state index is 12.1. The molecule has 0 fully saturated rings. The van der Waals surface area contributed by atoms with Gasteiger partial charge in [-0.05, 0) is 11.4 Å². The molecule has 0 amide bonds. The van der Waals surface area contributed by atoms with Gasteiger partial charge in [-0.3, -0.25) is 0 Å². The Morgan fingerprint density at radius 2 is 2.00 bits per heavy atom. The molecule has 86 valence electrons. The van der Waals surface area contributed by atoms with Gasteiger partial charge in [0, 0.05) is 24.5 Å². The Bertz CT molecular complexity index is 408. The molecule has 0 atom stereocenters. The molecule has 0 radical (unpaired) electrons. The summed E-state index contributed by atoms with van der Waals surface area (Å²) in [6.45, 7) is 4.90. The molecule has 1 aromatic heterocycles. The number of hydrogen-bond donors (Lipinski definition) is 1. The van der Waals surface area contributed by atoms with Gasteiger partial charge in [-0.2, -0.15) is 4.31 Å². The maximum atomic E-state index is 12.1. The highest BCUT2D eigenvalue weighted by atomic mass is 32.2. The minimum absolute atomic E-state index is 0.271. The molecule has 0 aliphatic heterocycles. The van der Waals surface area contributed by atoms with E-state index in [-0.39, 0.29) is 6.54 Å². The lowest BCUT2D eigenvalue weighted by Crippen LogP contribution is -2.31. The molecular formula is C9H16N2O2S2. The highest BCUT2D eigenvalue weighted by molar-refractivity contribution is 7.89. The van der Waals surface area contributed by atoms with E-state index in [0.717, 1.165) is 4.88 Å². The van der Waals surface area contributed by atoms with Crippen molar-refractivity contribution in [3.8, 4) is 0 Å². The molecular weight excluding hydrogens is 232 g/mol. The lowest BCUT2D eigenvalue weighted by atomic mass is 10.5. The predicted octanol–water partition coefficient (Wildman–Crippen LogP) is 1.24. The van der Waals surface area contributed by atoms with Crippen LogP contribution in [0.4, 0.5) is 0 Å². The number of hydrogen-bond acceptors (Lipinski definition) is 4. The van der Waals surface area contributed by atoms with E-state index in [1.165, 1.54) is 15.6 Å². The van der Waals surface area contributed by atoms with Crippen molar-refractivity contribution < 1.29 is 8.42 Å². The number of thiophene rings is 1. The summed E-state index contributed by atoms with van der Waals surface area (Å²) >= 11 is 1.38. The average Bonchev–Trinajstić information content (AvgIpc) is 2.67. The molecule has 2 N–H and O–H groups in total. The fraction of sp³-hybridized carbons (Fsp3) is 0.556. The molecule has 4 nitrogen and oxygen atoms in total. The molecule has 1 aromatic rings. The molecule has 1 rings (SSSR count). The van der Waals surface area contributed by atoms with E-state index >= 15 is 0 Å². The van der Waals surface area contributed by atoms with Crippen molar-refractivity contribution in [2.24, 2.45) is 5.73 Å². The Balaban J connectivity index is 3.16. The summed E-state index contributed by atoms with van der Waals surface area (Å²) in [5, 5.41) is 1.76. The predicted molar refractivity (Wildman–Crippen MR) is 62.3 cm³/mol. The number of sulfonamides is 1. The summed E-state index contributed by atoms with van der Waals surface area (Å²) in [7, 11) is -3.34. The van der Waals surface area contributed by atoms with Crippen LogP contribution in [0.5, 0.6) is 0 Å². The van der Waals surface area contributed by atoms with Crippen LogP contribution in [0, 0.1) is 0 Å². The van der Waals surface area contributed by atoms with Gasteiger partial charge in [-0.15, -0.1) is 11.3 Å². The van der Waals surface area contributed by atoms with Crippen LogP contribution in [0.25, 0.3) is 0 Å². The second-order valence-corrected chi connectivity index (χ2v) is 5.91. The first-order valence-corrected chi connectivity index (χ1v) is 7.16. The topological polar surface area (TPSA) is 63.4 Å². The summed E-state index contributed by atoms with van der Waals surface area (Å²) in [6, 6.07) is 1.63. The Kier molecular flexibility index (Phi) is 4.27. The zero-order valence-electron chi connectivity index (χ0n) is 8.93. The van der Waals surface area contributed by atoms with Crippen molar-refractivity contribution in [1.29, 1.82) is 0 Å². The maximum Gasteiger partial charge on any atom is 0.244 e. The van der Waals surface area contributed by atoms with Crippen molar-refractivity contribution in [2.75, 3.05) is 13.1 Å². The Morgan fingerprint density at radius 1 is 1.40 bits per heavy atom. The number of nitrogens with two attached hydrogens (primary N) is 1. The van der Waals surface area contributed by atoms with Gasteiger partial charge in [-0.1, -0.05) is 13.8 Å². The van der Waals surface area contributed by atoms with Gasteiger partial charge in [0.25, 0.3) is 0 Å². The van der Waals surface area contributed by atoms with Crippen molar-refractivity contribution in [3.63, 3.8) is 0 Å². The summed E-state index contributed by atoms with van der Waals surface area (Å²) in [4.78, 5) is 1.08. The number of nitrogens with zero attached hydrogens (tertiary/aromatic N) is 1. The molecule has 0 spiro atoms. The van der Waals surface area contributed by atoms with E-state index in [9.17, 15) is 8.42 Å². The second-order valence-electron chi connectivity index (χ2n) is 3.00. The minimum Gasteiger partial charge on any atom is -0.326 e. The third-order valence-corrected chi connectivity index (χ3v) is 5.42. The van der Waals surface area contributed by atoms with Crippen LogP contribution in [-0.2, 0) is 16.6 Å². The molecule has 0 saturated carbocycles. The first-order valence-electron chi connectivity index (χ1n) is 4.84. The van der Waals surface area contributed by atoms with Crippen molar-refractivity contribution in [2.45, 2.75) is 25.3 Å². The fourth-order valence-electron chi connectivity index (χ4n) is 1.41. The normalized spacial score (nSPS) is 12.3. The molecule has 6 heteroatoms. The SMILES string of the molecule is CCN(CC)S(=O)(=O)c1ccsc1CN. The standard InChI is InChI=1S/C9H16N2O2S2/c1-3-11(4-2)15(12,13)9-5-6-14-8(9)7-10/h5-6H,3-4,7,10H2,1-2H3. The van der Waals surface area contributed by atoms with E-state index in [1.807, 2.05) is 13.8 Å². The van der Waals surface area contributed by atoms with Crippen LogP contribution in [0.15, 0.2) is 16.3 Å². The van der Waals surface area contributed by atoms with E-state index < -0.39 is 10.0 Å². The summed E-state index contributed by atoms with van der Waals surface area (Å²) in [5.41, 5.74) is 5.50. The average molecular weight is 248 g/mol. The smallest absolute Gasteiger partial charge is 0.244 e. The highest BCUT2D eigenvalue weighted by Crippen LogP contribution is 2.24. The van der Waals surface area contributed by atoms with Gasteiger partial charge in [0.1, 0.15) is 0 Å². The van der Waals surface area contributed by atoms with Crippen molar-refractivity contribution in [1.82, 2.24) is 4.31 Å². The zero-order valence-corrected chi connectivity index (χ0v) is 10.6. The minimum atomic E-state index is -3.34. The van der Waals surface area contributed by atoms with E-state index in [2.05, 4.69) is 0 Å². The van der Waals surface area contributed by atoms with Crippen LogP contribution in [-0.4, -0.2) is 25.8 Å². The van der Waals surface area contributed by atoms with Crippen LogP contribution in [0.2, 0.25) is 0 Å². The molecule has 1 heterocycles. The third-order valence-electron chi connectivity index (χ3n) is 2.21. The lowest BCUT2D eigenvalue weighted by molar-refractivity contribution is 0.445.